The van der Waals surface area contributed by atoms with Crippen LogP contribution < -0.4 is 31.2 Å². The molecule has 0 radical (unpaired) electrons. The zero-order chi connectivity index (χ0) is 89.7. The third-order valence-electron chi connectivity index (χ3n) is 21.5. The third-order valence-corrected chi connectivity index (χ3v) is 21.5. The van der Waals surface area contributed by atoms with Crippen LogP contribution in [0, 0.1) is 73.0 Å². The van der Waals surface area contributed by atoms with E-state index in [2.05, 4.69) is 141 Å². The van der Waals surface area contributed by atoms with E-state index in [1.165, 1.54) is 108 Å². The van der Waals surface area contributed by atoms with Gasteiger partial charge in [-0.15, -0.1) is 0 Å². The van der Waals surface area contributed by atoms with Gasteiger partial charge in [0.25, 0.3) is 0 Å². The molecule has 14 rings (SSSR count). The number of allylic oxidation sites excluding steroid dienone is 4. The van der Waals surface area contributed by atoms with Gasteiger partial charge in [-0.2, -0.15) is 13.2 Å². The minimum atomic E-state index is -4.27. The highest BCUT2D eigenvalue weighted by Crippen LogP contribution is 2.46. The Bertz CT molecular complexity index is 4700. The highest BCUT2D eigenvalue weighted by Gasteiger charge is 2.32. The topological polar surface area (TPSA) is 194 Å². The summed E-state index contributed by atoms with van der Waals surface area (Å²) in [4.78, 5) is 65.4. The lowest BCUT2D eigenvalue weighted by Crippen LogP contribution is -2.27. The van der Waals surface area contributed by atoms with Crippen molar-refractivity contribution in [2.75, 3.05) is 6.79 Å². The zero-order valence-corrected chi connectivity index (χ0v) is 76.1. The Labute approximate surface area is 722 Å². The predicted octanol–water partition coefficient (Wildman–Crippen LogP) is 26.1. The van der Waals surface area contributed by atoms with E-state index >= 15 is 0 Å². The number of aromatic amines is 1. The number of alkyl halides is 3. The van der Waals surface area contributed by atoms with Crippen LogP contribution in [0.2, 0.25) is 0 Å². The van der Waals surface area contributed by atoms with E-state index in [0.29, 0.717) is 43.2 Å². The van der Waals surface area contributed by atoms with Gasteiger partial charge < -0.3 is 36.1 Å². The van der Waals surface area contributed by atoms with E-state index in [0.717, 1.165) is 121 Å². The Kier molecular flexibility index (Phi) is 39.2. The fraction of sp³-hybridized carbons (Fsp3) is 0.448. The summed E-state index contributed by atoms with van der Waals surface area (Å²) in [6.07, 6.45) is 11.3. The number of benzene rings is 7. The molecular weight excluding hydrogens is 1510 g/mol. The summed E-state index contributed by atoms with van der Waals surface area (Å²) in [6.45, 7) is 57.5. The number of nitrogens with zero attached hydrogens (tertiary/aromatic N) is 1. The first kappa shape index (κ1) is 99.5. The Morgan fingerprint density at radius 1 is 0.446 bits per heavy atom. The highest BCUT2D eigenvalue weighted by molar-refractivity contribution is 5.98. The summed E-state index contributed by atoms with van der Waals surface area (Å²) in [5.41, 5.74) is 26.1. The first-order valence-electron chi connectivity index (χ1n) is 43.5. The Morgan fingerprint density at radius 2 is 0.868 bits per heavy atom. The van der Waals surface area contributed by atoms with Gasteiger partial charge in [-0.1, -0.05) is 240 Å². The van der Waals surface area contributed by atoms with Crippen molar-refractivity contribution in [3.05, 3.63) is 267 Å². The molecule has 0 saturated heterocycles. The van der Waals surface area contributed by atoms with E-state index in [1.54, 1.807) is 0 Å². The molecule has 2 aliphatic heterocycles. The van der Waals surface area contributed by atoms with Gasteiger partial charge in [-0.25, -0.2) is 0 Å². The zero-order valence-electron chi connectivity index (χ0n) is 76.1. The molecule has 16 heteroatoms. The quantitative estimate of drug-likeness (QED) is 0.0308. The van der Waals surface area contributed by atoms with Crippen molar-refractivity contribution in [2.24, 2.45) is 69.9 Å². The van der Waals surface area contributed by atoms with Crippen LogP contribution in [0.4, 0.5) is 18.9 Å². The molecule has 4 aliphatic carbocycles. The van der Waals surface area contributed by atoms with E-state index in [4.69, 9.17) is 15.2 Å². The number of aryl methyl sites for hydroxylation is 2. The van der Waals surface area contributed by atoms with Crippen LogP contribution in [0.5, 0.6) is 11.5 Å². The molecule has 0 spiro atoms. The maximum absolute atomic E-state index is 12.3. The summed E-state index contributed by atoms with van der Waals surface area (Å²) >= 11 is 0. The number of rotatable bonds is 23. The number of carbonyl (C=O) groups is 5. The van der Waals surface area contributed by atoms with E-state index in [-0.39, 0.29) is 65.8 Å². The van der Waals surface area contributed by atoms with Gasteiger partial charge in [-0.05, 0) is 252 Å². The lowest BCUT2D eigenvalue weighted by Gasteiger charge is -2.11. The summed E-state index contributed by atoms with van der Waals surface area (Å²) < 4.78 is 47.2. The van der Waals surface area contributed by atoms with Crippen molar-refractivity contribution in [3.63, 3.8) is 0 Å². The number of aromatic nitrogens is 1. The van der Waals surface area contributed by atoms with Crippen LogP contribution in [0.25, 0.3) is 22.0 Å². The lowest BCUT2D eigenvalue weighted by molar-refractivity contribution is -0.137. The first-order valence-corrected chi connectivity index (χ1v) is 43.5. The van der Waals surface area contributed by atoms with Crippen LogP contribution in [0.3, 0.4) is 0 Å². The first-order chi connectivity index (χ1) is 57.0. The summed E-state index contributed by atoms with van der Waals surface area (Å²) in [7, 11) is 0. The van der Waals surface area contributed by atoms with Gasteiger partial charge in [0.2, 0.25) is 24.5 Å². The van der Waals surface area contributed by atoms with Crippen LogP contribution in [0.1, 0.15) is 281 Å². The number of ketones is 2. The number of nitrogens with two attached hydrogens (primary N) is 1. The van der Waals surface area contributed by atoms with E-state index in [1.807, 2.05) is 184 Å². The van der Waals surface area contributed by atoms with E-state index in [9.17, 15) is 37.1 Å². The molecule has 8 aromatic rings. The fourth-order valence-electron chi connectivity index (χ4n) is 12.5. The number of nitrogens with one attached hydrogen (secondary N) is 4. The van der Waals surface area contributed by atoms with Gasteiger partial charge >= 0.3 is 6.18 Å². The lowest BCUT2D eigenvalue weighted by atomic mass is 9.94. The van der Waals surface area contributed by atoms with Crippen molar-refractivity contribution in [2.45, 2.75) is 240 Å². The van der Waals surface area contributed by atoms with Gasteiger partial charge in [0.1, 0.15) is 0 Å². The second-order valence-corrected chi connectivity index (χ2v) is 35.6. The average Bonchev–Trinajstić information content (AvgIpc) is 1.64. The minimum absolute atomic E-state index is 0.00834. The van der Waals surface area contributed by atoms with Gasteiger partial charge in [0, 0.05) is 90.4 Å². The number of H-pyrrole nitrogens is 1. The van der Waals surface area contributed by atoms with Crippen LogP contribution in [0.15, 0.2) is 194 Å². The molecule has 0 unspecified atom stereocenters. The maximum atomic E-state index is 12.3. The molecule has 0 atom stereocenters. The number of carbonyl (C=O) groups excluding carboxylic acids is 5. The number of fused-ring (bicyclic) bond motifs is 3. The molecule has 6 aliphatic rings. The number of ether oxygens (including phenoxy) is 2. The normalized spacial score (nSPS) is 13.8. The Hall–Kier alpha value is -10.4. The number of hydrogen-bond acceptors (Lipinski definition) is 9. The summed E-state index contributed by atoms with van der Waals surface area (Å²) in [6, 6.07) is 46.7. The van der Waals surface area contributed by atoms with Crippen molar-refractivity contribution in [3.8, 4) is 11.5 Å². The number of aliphatic imine (C=N–C) groups is 1. The SMILES string of the molecule is C=C(C(C)C)C1CC1.C=C(N)C(C)C.C=C(c1ccc(C(F)(F)F)cc1)C(C)C.C=C(c1ccc(C2CC2)cc1)C(C)C.CC(C)C(=O)NCc1ccc2[nH]ccc2c1.CC(C)C(=O)NCc1ccc2c(c1)CC=N2.CC(C)C(=O)NCc1ccc2c(c1)OCO2.CC(C)C(=O)c1cc(C2CC2)cc(C2CC2)c1.Cc1cc(C)cc(C(=O)C(C)C)c1. The predicted molar refractivity (Wildman–Crippen MR) is 496 cm³/mol. The fourth-order valence-corrected chi connectivity index (χ4v) is 12.5. The van der Waals surface area contributed by atoms with Crippen LogP contribution in [-0.2, 0) is 46.6 Å². The molecule has 121 heavy (non-hydrogen) atoms. The average molecular weight is 1650 g/mol. The van der Waals surface area contributed by atoms with Crippen LogP contribution in [-0.4, -0.2) is 47.3 Å². The van der Waals surface area contributed by atoms with Gasteiger partial charge in [0.15, 0.2) is 23.1 Å². The van der Waals surface area contributed by atoms with Crippen molar-refractivity contribution < 1.29 is 46.6 Å². The molecule has 0 bridgehead atoms. The molecule has 4 saturated carbocycles. The molecular formula is C105H139F3N6O7. The summed E-state index contributed by atoms with van der Waals surface area (Å²) in [5, 5.41) is 9.85. The number of hydrogen-bond donors (Lipinski definition) is 5. The molecule has 7 aromatic carbocycles. The van der Waals surface area contributed by atoms with Gasteiger partial charge in [0.05, 0.1) is 11.3 Å². The number of halogens is 3. The molecule has 652 valence electrons. The van der Waals surface area contributed by atoms with E-state index < -0.39 is 11.7 Å². The second kappa shape index (κ2) is 47.7. The van der Waals surface area contributed by atoms with Gasteiger partial charge in [-0.3, -0.25) is 29.0 Å². The molecule has 1 aromatic heterocycles. The smallest absolute Gasteiger partial charge is 0.416 e. The standard InChI is InChI=1S/C16H20O.C14H18.2C13H16N2O.C12H13F3.C12H15NO3.C12H16O.C8H14.C5H11N/c1-10(2)16(17)15-8-13(11-3-4-11)7-14(9-15)12-5-6-12;1-10(2)11(3)12-4-6-13(7-5-12)14-8-9-14;2*1-9(2)13(16)15-8-10-3-4-12-11(7-10)5-6-14-12;1-8(2)9(3)10-4-6-11(7-5-10)12(13,14)15;1-8(2)12(14)13-6-9-3-4-10-11(5-9)16-7-15-10;1-8(2)12(13)11-6-9(3)5-10(4)7-11;1-6(2)7(3)8-4-5-8;1-4(2)5(3)6/h7-12H,3-6H2,1-2H3;4-7,10,14H,3,8-9H2,1-2H3;3-4,6-7,9H,5,8H2,1-2H3,(H,15,16);3-7,9,14H,8H2,1-2H3,(H,15,16);4-8H,3H2,1-2H3;3-5,8H,6-7H2,1-2H3,(H,13,14);5-8H,1-4H3;6,8H,3-5H2,1-2H3;4H,3,6H2,1-2H3. The summed E-state index contributed by atoms with van der Waals surface area (Å²) in [5.74, 6) is 7.72. The van der Waals surface area contributed by atoms with Crippen molar-refractivity contribution >= 4 is 63.2 Å². The molecule has 6 N–H and O–H groups in total. The largest absolute Gasteiger partial charge is 0.454 e. The Balaban J connectivity index is 0.000000213. The molecule has 4 fully saturated rings. The monoisotopic (exact) mass is 1650 g/mol. The highest BCUT2D eigenvalue weighted by atomic mass is 19.4. The second-order valence-electron chi connectivity index (χ2n) is 35.6. The maximum Gasteiger partial charge on any atom is 0.416 e. The van der Waals surface area contributed by atoms with Crippen molar-refractivity contribution in [1.29, 1.82) is 0 Å². The number of Topliss-reactive ketones (excluding diaryl/α,β-unsaturated/α-hetero) is 2. The Morgan fingerprint density at radius 3 is 1.28 bits per heavy atom. The van der Waals surface area contributed by atoms with Crippen LogP contribution >= 0.6 is 0 Å². The van der Waals surface area contributed by atoms with Crippen molar-refractivity contribution in [1.82, 2.24) is 20.9 Å². The molecule has 3 heterocycles. The minimum Gasteiger partial charge on any atom is -0.454 e. The molecule has 13 nitrogen and oxygen atoms in total. The third kappa shape index (κ3) is 34.6. The number of amides is 3. The molecule has 3 amide bonds.